The van der Waals surface area contributed by atoms with Gasteiger partial charge in [-0.2, -0.15) is 0 Å². The largest absolute Gasteiger partial charge is 0.369 e. The number of amides is 1. The van der Waals surface area contributed by atoms with Gasteiger partial charge in [0.25, 0.3) is 0 Å². The van der Waals surface area contributed by atoms with Crippen molar-refractivity contribution in [1.29, 1.82) is 0 Å². The molecule has 53 valence electrons. The molecule has 0 aliphatic heterocycles. The topological polar surface area (TPSA) is 66.9 Å². The summed E-state index contributed by atoms with van der Waals surface area (Å²) >= 11 is 0. The highest BCUT2D eigenvalue weighted by atomic mass is 16.1. The molecular formula is C6H13N2O. The van der Waals surface area contributed by atoms with Crippen molar-refractivity contribution in [3.05, 3.63) is 0 Å². The van der Waals surface area contributed by atoms with Crippen LogP contribution in [-0.2, 0) is 4.79 Å². The van der Waals surface area contributed by atoms with Gasteiger partial charge in [0.15, 0.2) is 0 Å². The van der Waals surface area contributed by atoms with Crippen LogP contribution in [0.4, 0.5) is 0 Å². The van der Waals surface area contributed by atoms with Crippen LogP contribution in [0, 0.1) is 5.92 Å². The summed E-state index contributed by atoms with van der Waals surface area (Å²) in [6.07, 6.45) is 1.67. The summed E-state index contributed by atoms with van der Waals surface area (Å²) in [4.78, 5) is 10.4. The molecular weight excluding hydrogens is 116 g/mol. The van der Waals surface area contributed by atoms with Gasteiger partial charge < -0.3 is 5.73 Å². The second-order valence-corrected chi connectivity index (χ2v) is 2.09. The molecule has 1 radical (unpaired) electrons. The fourth-order valence-electron chi connectivity index (χ4n) is 0.693. The van der Waals surface area contributed by atoms with E-state index in [2.05, 4.69) is 0 Å². The molecule has 0 aliphatic rings. The molecule has 1 unspecified atom stereocenters. The smallest absolute Gasteiger partial charge is 0.221 e. The molecule has 9 heavy (non-hydrogen) atoms. The molecule has 0 bridgehead atoms. The Hall–Kier alpha value is -0.570. The van der Waals surface area contributed by atoms with Gasteiger partial charge in [-0.05, 0) is 6.42 Å². The summed E-state index contributed by atoms with van der Waals surface area (Å²) in [5.41, 5.74) is 11.9. The third-order valence-corrected chi connectivity index (χ3v) is 1.29. The zero-order valence-corrected chi connectivity index (χ0v) is 5.68. The van der Waals surface area contributed by atoms with Gasteiger partial charge in [0, 0.05) is 6.54 Å². The summed E-state index contributed by atoms with van der Waals surface area (Å²) in [7, 11) is 0. The monoisotopic (exact) mass is 129 g/mol. The van der Waals surface area contributed by atoms with Crippen LogP contribution in [0.25, 0.3) is 0 Å². The first-order chi connectivity index (χ1) is 4.22. The van der Waals surface area contributed by atoms with E-state index in [1.807, 2.05) is 6.92 Å². The summed E-state index contributed by atoms with van der Waals surface area (Å²) in [5.74, 6) is -0.568. The quantitative estimate of drug-likeness (QED) is 0.577. The predicted octanol–water partition coefficient (Wildman–Crippen LogP) is 0.171. The molecule has 0 heterocycles. The van der Waals surface area contributed by atoms with Gasteiger partial charge in [0.1, 0.15) is 0 Å². The van der Waals surface area contributed by atoms with E-state index in [-0.39, 0.29) is 18.4 Å². The van der Waals surface area contributed by atoms with Gasteiger partial charge in [-0.15, -0.1) is 0 Å². The average Bonchev–Trinajstić information content (AvgIpc) is 1.82. The molecule has 0 rings (SSSR count). The maximum atomic E-state index is 10.4. The summed E-state index contributed by atoms with van der Waals surface area (Å²) in [5, 5.41) is 0. The second kappa shape index (κ2) is 4.32. The number of carbonyl (C=O) groups excluding carboxylic acids is 1. The van der Waals surface area contributed by atoms with E-state index in [4.69, 9.17) is 11.5 Å². The molecule has 3 nitrogen and oxygen atoms in total. The van der Waals surface area contributed by atoms with Gasteiger partial charge in [-0.25, -0.2) is 0 Å². The number of primary amides is 1. The Morgan fingerprint density at radius 1 is 1.78 bits per heavy atom. The molecule has 3 heteroatoms. The SMILES string of the molecule is CCCC(C[NH])C(N)=O. The maximum absolute atomic E-state index is 10.4. The lowest BCUT2D eigenvalue weighted by molar-refractivity contribution is -0.121. The van der Waals surface area contributed by atoms with Gasteiger partial charge >= 0.3 is 0 Å². The Kier molecular flexibility index (Phi) is 4.05. The Balaban J connectivity index is 3.54. The lowest BCUT2D eigenvalue weighted by Gasteiger charge is -2.06. The minimum atomic E-state index is -0.341. The fraction of sp³-hybridized carbons (Fsp3) is 0.833. The number of hydrogen-bond donors (Lipinski definition) is 1. The van der Waals surface area contributed by atoms with Crippen LogP contribution in [0.15, 0.2) is 0 Å². The molecule has 0 fully saturated rings. The molecule has 3 N–H and O–H groups in total. The average molecular weight is 129 g/mol. The Morgan fingerprint density at radius 2 is 2.33 bits per heavy atom. The molecule has 1 atom stereocenters. The predicted molar refractivity (Wildman–Crippen MR) is 35.6 cm³/mol. The Labute approximate surface area is 55.4 Å². The standard InChI is InChI=1S/C6H13N2O/c1-2-3-5(4-7)6(8)9/h5,7H,2-4H2,1H3,(H2,8,9). The Morgan fingerprint density at radius 3 is 2.44 bits per heavy atom. The first kappa shape index (κ1) is 8.43. The van der Waals surface area contributed by atoms with Crippen molar-refractivity contribution in [3.63, 3.8) is 0 Å². The van der Waals surface area contributed by atoms with Crippen LogP contribution >= 0.6 is 0 Å². The van der Waals surface area contributed by atoms with E-state index in [0.717, 1.165) is 12.8 Å². The number of nitrogens with two attached hydrogens (primary N) is 1. The van der Waals surface area contributed by atoms with Crippen molar-refractivity contribution in [3.8, 4) is 0 Å². The molecule has 0 saturated carbocycles. The number of nitrogens with one attached hydrogen (secondary N) is 1. The van der Waals surface area contributed by atoms with E-state index >= 15 is 0 Å². The van der Waals surface area contributed by atoms with Gasteiger partial charge in [-0.1, -0.05) is 13.3 Å². The number of carbonyl (C=O) groups is 1. The van der Waals surface area contributed by atoms with Crippen LogP contribution < -0.4 is 11.5 Å². The summed E-state index contributed by atoms with van der Waals surface area (Å²) in [6, 6.07) is 0. The van der Waals surface area contributed by atoms with Gasteiger partial charge in [-0.3, -0.25) is 10.5 Å². The van der Waals surface area contributed by atoms with E-state index in [1.165, 1.54) is 0 Å². The minimum Gasteiger partial charge on any atom is -0.369 e. The molecule has 0 aliphatic carbocycles. The highest BCUT2D eigenvalue weighted by Gasteiger charge is 2.10. The maximum Gasteiger partial charge on any atom is 0.221 e. The van der Waals surface area contributed by atoms with E-state index in [9.17, 15) is 4.79 Å². The summed E-state index contributed by atoms with van der Waals surface area (Å²) in [6.45, 7) is 2.11. The molecule has 0 aromatic rings. The minimum absolute atomic E-state index is 0.128. The fourth-order valence-corrected chi connectivity index (χ4v) is 0.693. The first-order valence-corrected chi connectivity index (χ1v) is 3.16. The highest BCUT2D eigenvalue weighted by Crippen LogP contribution is 2.02. The van der Waals surface area contributed by atoms with Crippen LogP contribution in [-0.4, -0.2) is 12.5 Å². The lowest BCUT2D eigenvalue weighted by Crippen LogP contribution is -2.26. The van der Waals surface area contributed by atoms with Crippen LogP contribution in [0.3, 0.4) is 0 Å². The van der Waals surface area contributed by atoms with Crippen LogP contribution in [0.2, 0.25) is 0 Å². The van der Waals surface area contributed by atoms with Crippen molar-refractivity contribution in [2.45, 2.75) is 19.8 Å². The van der Waals surface area contributed by atoms with Crippen molar-refractivity contribution in [2.24, 2.45) is 11.7 Å². The van der Waals surface area contributed by atoms with Gasteiger partial charge in [0.2, 0.25) is 5.91 Å². The molecule has 0 spiro atoms. The van der Waals surface area contributed by atoms with Crippen LogP contribution in [0.1, 0.15) is 19.8 Å². The third kappa shape index (κ3) is 3.08. The molecule has 0 aromatic carbocycles. The van der Waals surface area contributed by atoms with Gasteiger partial charge in [0.05, 0.1) is 5.92 Å². The van der Waals surface area contributed by atoms with E-state index < -0.39 is 0 Å². The van der Waals surface area contributed by atoms with Crippen molar-refractivity contribution in [1.82, 2.24) is 5.73 Å². The zero-order chi connectivity index (χ0) is 7.28. The van der Waals surface area contributed by atoms with E-state index in [0.29, 0.717) is 0 Å². The number of hydrogen-bond acceptors (Lipinski definition) is 1. The number of rotatable bonds is 4. The molecule has 1 amide bonds. The van der Waals surface area contributed by atoms with Crippen molar-refractivity contribution in [2.75, 3.05) is 6.54 Å². The molecule has 0 saturated heterocycles. The van der Waals surface area contributed by atoms with E-state index in [1.54, 1.807) is 0 Å². The second-order valence-electron chi connectivity index (χ2n) is 2.09. The zero-order valence-electron chi connectivity index (χ0n) is 5.68. The first-order valence-electron chi connectivity index (χ1n) is 3.16. The lowest BCUT2D eigenvalue weighted by atomic mass is 10.0. The highest BCUT2D eigenvalue weighted by molar-refractivity contribution is 5.76. The van der Waals surface area contributed by atoms with Crippen molar-refractivity contribution >= 4 is 5.91 Å². The summed E-state index contributed by atoms with van der Waals surface area (Å²) < 4.78 is 0. The van der Waals surface area contributed by atoms with Crippen molar-refractivity contribution < 1.29 is 4.79 Å². The normalized spacial score (nSPS) is 13.1. The van der Waals surface area contributed by atoms with Crippen LogP contribution in [0.5, 0.6) is 0 Å². The molecule has 0 aromatic heterocycles. The third-order valence-electron chi connectivity index (χ3n) is 1.29. The Bertz CT molecular complexity index is 93.1.